The van der Waals surface area contributed by atoms with E-state index in [4.69, 9.17) is 4.74 Å². The molecule has 1 saturated heterocycles. The first kappa shape index (κ1) is 24.7. The Hall–Kier alpha value is -4.41. The van der Waals surface area contributed by atoms with Gasteiger partial charge in [0.05, 0.1) is 27.6 Å². The molecule has 2 aromatic carbocycles. The second kappa shape index (κ2) is 10.5. The summed E-state index contributed by atoms with van der Waals surface area (Å²) < 4.78 is 8.25. The van der Waals surface area contributed by atoms with Gasteiger partial charge in [-0.25, -0.2) is 9.48 Å². The van der Waals surface area contributed by atoms with Gasteiger partial charge in [0.25, 0.3) is 17.2 Å². The highest BCUT2D eigenvalue weighted by molar-refractivity contribution is 5.99. The number of piperidine rings is 1. The number of nitrogens with zero attached hydrogens (tertiary/aromatic N) is 4. The number of hydrogen-bond donors (Lipinski definition) is 1. The number of aromatic nitrogens is 2. The molecule has 1 fully saturated rings. The second-order valence-corrected chi connectivity index (χ2v) is 8.57. The van der Waals surface area contributed by atoms with E-state index in [9.17, 15) is 24.5 Å². The predicted octanol–water partition coefficient (Wildman–Crippen LogP) is 3.18. The Morgan fingerprint density at radius 1 is 1.08 bits per heavy atom. The summed E-state index contributed by atoms with van der Waals surface area (Å²) in [5, 5.41) is 13.8. The molecule has 4 rings (SSSR count). The Kier molecular flexibility index (Phi) is 7.18. The van der Waals surface area contributed by atoms with Crippen LogP contribution < -0.4 is 15.8 Å². The molecule has 0 bridgehead atoms. The van der Waals surface area contributed by atoms with Crippen LogP contribution in [0.4, 0.5) is 17.1 Å². The summed E-state index contributed by atoms with van der Waals surface area (Å²) in [6.45, 7) is 2.48. The lowest BCUT2D eigenvalue weighted by Gasteiger charge is -2.30. The Morgan fingerprint density at radius 2 is 1.78 bits per heavy atom. The molecular formula is C25H27N5O6. The molecule has 0 saturated carbocycles. The number of para-hydroxylation sites is 1. The van der Waals surface area contributed by atoms with Gasteiger partial charge in [-0.2, -0.15) is 0 Å². The van der Waals surface area contributed by atoms with Crippen molar-refractivity contribution in [1.29, 1.82) is 0 Å². The number of nitro benzene ring substituents is 1. The number of carbonyl (C=O) groups excluding carboxylic acids is 2. The van der Waals surface area contributed by atoms with E-state index in [1.54, 1.807) is 49.0 Å². The highest BCUT2D eigenvalue weighted by atomic mass is 16.6. The van der Waals surface area contributed by atoms with Crippen LogP contribution in [0.5, 0.6) is 0 Å². The summed E-state index contributed by atoms with van der Waals surface area (Å²) in [6, 6.07) is 13.0. The largest absolute Gasteiger partial charge is 0.452 e. The van der Waals surface area contributed by atoms with Gasteiger partial charge in [0, 0.05) is 32.3 Å². The normalized spacial score (nSPS) is 13.3. The Labute approximate surface area is 207 Å². The molecule has 1 amide bonds. The molecule has 11 heteroatoms. The zero-order valence-electron chi connectivity index (χ0n) is 20.1. The fourth-order valence-corrected chi connectivity index (χ4v) is 4.31. The maximum absolute atomic E-state index is 13.0. The van der Waals surface area contributed by atoms with Gasteiger partial charge in [-0.3, -0.25) is 24.4 Å². The van der Waals surface area contributed by atoms with Gasteiger partial charge in [-0.1, -0.05) is 18.2 Å². The lowest BCUT2D eigenvalue weighted by atomic mass is 10.1. The number of rotatable bonds is 7. The average molecular weight is 494 g/mol. The van der Waals surface area contributed by atoms with Crippen molar-refractivity contribution in [3.05, 3.63) is 80.3 Å². The van der Waals surface area contributed by atoms with Crippen molar-refractivity contribution in [3.63, 3.8) is 0 Å². The second-order valence-electron chi connectivity index (χ2n) is 8.57. The Bertz CT molecular complexity index is 1360. The van der Waals surface area contributed by atoms with E-state index in [1.807, 2.05) is 11.0 Å². The molecule has 0 unspecified atom stereocenters. The summed E-state index contributed by atoms with van der Waals surface area (Å²) in [4.78, 5) is 51.2. The van der Waals surface area contributed by atoms with Crippen LogP contribution in [0.3, 0.4) is 0 Å². The van der Waals surface area contributed by atoms with E-state index >= 15 is 0 Å². The standard InChI is InChI=1S/C25H27N5O6/c1-17-23(24(32)29(27(17)2)18-9-5-3-6-10-18)26-22(31)16-36-25(33)20-15-19(30(34)35)11-12-21(20)28-13-7-4-8-14-28/h3,5-6,9-12,15H,4,7-8,13-14,16H2,1-2H3,(H,26,31). The molecule has 1 aromatic heterocycles. The maximum atomic E-state index is 13.0. The van der Waals surface area contributed by atoms with Gasteiger partial charge in [0.2, 0.25) is 0 Å². The van der Waals surface area contributed by atoms with Crippen molar-refractivity contribution in [2.45, 2.75) is 26.2 Å². The van der Waals surface area contributed by atoms with Gasteiger partial charge >= 0.3 is 5.97 Å². The van der Waals surface area contributed by atoms with Crippen LogP contribution in [0.15, 0.2) is 53.3 Å². The van der Waals surface area contributed by atoms with E-state index in [0.717, 1.165) is 32.4 Å². The number of anilines is 2. The van der Waals surface area contributed by atoms with Crippen LogP contribution in [0.1, 0.15) is 35.3 Å². The molecule has 36 heavy (non-hydrogen) atoms. The highest BCUT2D eigenvalue weighted by Crippen LogP contribution is 2.28. The van der Waals surface area contributed by atoms with E-state index in [1.165, 1.54) is 16.8 Å². The summed E-state index contributed by atoms with van der Waals surface area (Å²) in [5.74, 6) is -1.54. The summed E-state index contributed by atoms with van der Waals surface area (Å²) in [5.41, 5.74) is 1.13. The molecular weight excluding hydrogens is 466 g/mol. The molecule has 0 radical (unpaired) electrons. The van der Waals surface area contributed by atoms with Gasteiger partial charge in [0.15, 0.2) is 6.61 Å². The molecule has 0 atom stereocenters. The molecule has 0 aliphatic carbocycles. The first-order valence-corrected chi connectivity index (χ1v) is 11.6. The fourth-order valence-electron chi connectivity index (χ4n) is 4.31. The lowest BCUT2D eigenvalue weighted by Crippen LogP contribution is -2.31. The van der Waals surface area contributed by atoms with Crippen molar-refractivity contribution < 1.29 is 19.2 Å². The number of nitrogens with one attached hydrogen (secondary N) is 1. The molecule has 188 valence electrons. The molecule has 0 spiro atoms. The van der Waals surface area contributed by atoms with Crippen LogP contribution in [0, 0.1) is 17.0 Å². The summed E-state index contributed by atoms with van der Waals surface area (Å²) in [7, 11) is 1.70. The third-order valence-corrected chi connectivity index (χ3v) is 6.26. The number of benzene rings is 2. The first-order chi connectivity index (χ1) is 17.3. The van der Waals surface area contributed by atoms with Gasteiger partial charge in [-0.15, -0.1) is 0 Å². The minimum absolute atomic E-state index is 0.0289. The number of hydrogen-bond acceptors (Lipinski definition) is 7. The smallest absolute Gasteiger partial charge is 0.341 e. The minimum Gasteiger partial charge on any atom is -0.452 e. The van der Waals surface area contributed by atoms with Crippen LogP contribution >= 0.6 is 0 Å². The average Bonchev–Trinajstić information content (AvgIpc) is 3.10. The van der Waals surface area contributed by atoms with E-state index in [0.29, 0.717) is 17.1 Å². The monoisotopic (exact) mass is 493 g/mol. The van der Waals surface area contributed by atoms with Crippen molar-refractivity contribution in [3.8, 4) is 5.69 Å². The predicted molar refractivity (Wildman–Crippen MR) is 134 cm³/mol. The fraction of sp³-hybridized carbons (Fsp3) is 0.320. The third-order valence-electron chi connectivity index (χ3n) is 6.26. The number of non-ortho nitro benzene ring substituents is 1. The molecule has 11 nitrogen and oxygen atoms in total. The zero-order valence-corrected chi connectivity index (χ0v) is 20.1. The van der Waals surface area contributed by atoms with Crippen LogP contribution in [-0.2, 0) is 16.6 Å². The number of carbonyl (C=O) groups is 2. The Balaban J connectivity index is 1.50. The van der Waals surface area contributed by atoms with E-state index in [-0.39, 0.29) is 16.9 Å². The van der Waals surface area contributed by atoms with Gasteiger partial charge < -0.3 is 15.0 Å². The van der Waals surface area contributed by atoms with Crippen molar-refractivity contribution in [2.75, 3.05) is 29.9 Å². The van der Waals surface area contributed by atoms with Crippen LogP contribution in [-0.4, -0.2) is 45.9 Å². The van der Waals surface area contributed by atoms with E-state index < -0.39 is 29.0 Å². The molecule has 2 heterocycles. The quantitative estimate of drug-likeness (QED) is 0.304. The first-order valence-electron chi connectivity index (χ1n) is 11.6. The SMILES string of the molecule is Cc1c(NC(=O)COC(=O)c2cc([N+](=O)[O-])ccc2N2CCCCC2)c(=O)n(-c2ccccc2)n1C. The third kappa shape index (κ3) is 4.99. The van der Waals surface area contributed by atoms with Crippen molar-refractivity contribution in [2.24, 2.45) is 7.05 Å². The number of amides is 1. The summed E-state index contributed by atoms with van der Waals surface area (Å²) in [6.07, 6.45) is 2.98. The van der Waals surface area contributed by atoms with Crippen molar-refractivity contribution >= 4 is 28.9 Å². The molecule has 1 N–H and O–H groups in total. The maximum Gasteiger partial charge on any atom is 0.341 e. The summed E-state index contributed by atoms with van der Waals surface area (Å²) >= 11 is 0. The number of ether oxygens (including phenoxy) is 1. The van der Waals surface area contributed by atoms with Crippen LogP contribution in [0.25, 0.3) is 5.69 Å². The zero-order chi connectivity index (χ0) is 25.8. The lowest BCUT2D eigenvalue weighted by molar-refractivity contribution is -0.384. The number of esters is 1. The number of nitro groups is 1. The van der Waals surface area contributed by atoms with Gasteiger partial charge in [0.1, 0.15) is 5.69 Å². The van der Waals surface area contributed by atoms with Crippen molar-refractivity contribution in [1.82, 2.24) is 9.36 Å². The molecule has 1 aliphatic heterocycles. The van der Waals surface area contributed by atoms with E-state index in [2.05, 4.69) is 5.32 Å². The Morgan fingerprint density at radius 3 is 2.44 bits per heavy atom. The molecule has 3 aromatic rings. The minimum atomic E-state index is -0.846. The van der Waals surface area contributed by atoms with Gasteiger partial charge in [-0.05, 0) is 44.4 Å². The van der Waals surface area contributed by atoms with Crippen LogP contribution in [0.2, 0.25) is 0 Å². The topological polar surface area (TPSA) is 129 Å². The highest BCUT2D eigenvalue weighted by Gasteiger charge is 2.24. The molecule has 1 aliphatic rings.